The Balaban J connectivity index is 2.88. The Labute approximate surface area is 87.5 Å². The monoisotopic (exact) mass is 245 g/mol. The molecule has 1 aromatic heterocycles. The highest BCUT2D eigenvalue weighted by molar-refractivity contribution is 7.86. The molecule has 0 unspecified atom stereocenters. The van der Waals surface area contributed by atoms with E-state index in [1.54, 1.807) is 0 Å². The molecule has 0 saturated heterocycles. The average Bonchev–Trinajstić information content (AvgIpc) is 2.60. The molecule has 1 aromatic carbocycles. The van der Waals surface area contributed by atoms with Gasteiger partial charge in [-0.15, -0.1) is 5.10 Å². The number of nitro benzene ring substituents is 1. The number of hydrogen-bond donors (Lipinski definition) is 1. The van der Waals surface area contributed by atoms with Gasteiger partial charge in [-0.1, -0.05) is 0 Å². The molecule has 0 amide bonds. The third-order valence-electron chi connectivity index (χ3n) is 1.80. The predicted octanol–water partition coefficient (Wildman–Crippen LogP) is 0.378. The Hall–Kier alpha value is -2.07. The van der Waals surface area contributed by atoms with Gasteiger partial charge in [0.05, 0.1) is 4.92 Å². The highest BCUT2D eigenvalue weighted by atomic mass is 32.2. The molecule has 2 rings (SSSR count). The Morgan fingerprint density at radius 1 is 1.44 bits per heavy atom. The van der Waals surface area contributed by atoms with Gasteiger partial charge in [-0.05, 0) is 0 Å². The van der Waals surface area contributed by atoms with Crippen LogP contribution in [0.15, 0.2) is 21.6 Å². The first-order valence-corrected chi connectivity index (χ1v) is 5.21. The molecule has 9 nitrogen and oxygen atoms in total. The van der Waals surface area contributed by atoms with Crippen LogP contribution in [0, 0.1) is 10.1 Å². The molecule has 0 aliphatic carbocycles. The second-order valence-corrected chi connectivity index (χ2v) is 4.18. The predicted molar refractivity (Wildman–Crippen MR) is 48.3 cm³/mol. The Morgan fingerprint density at radius 2 is 2.12 bits per heavy atom. The zero-order valence-corrected chi connectivity index (χ0v) is 8.21. The summed E-state index contributed by atoms with van der Waals surface area (Å²) in [5.41, 5.74) is -0.831. The van der Waals surface area contributed by atoms with Crippen molar-refractivity contribution in [3.63, 3.8) is 0 Å². The van der Waals surface area contributed by atoms with Gasteiger partial charge in [-0.3, -0.25) is 14.7 Å². The van der Waals surface area contributed by atoms with E-state index in [1.165, 1.54) is 0 Å². The fraction of sp³-hybridized carbons (Fsp3) is 0. The maximum absolute atomic E-state index is 10.9. The van der Waals surface area contributed by atoms with Crippen LogP contribution in [0.5, 0.6) is 0 Å². The van der Waals surface area contributed by atoms with Crippen LogP contribution in [0.3, 0.4) is 0 Å². The maximum atomic E-state index is 10.9. The summed E-state index contributed by atoms with van der Waals surface area (Å²) in [5.74, 6) is 0. The third kappa shape index (κ3) is 1.59. The van der Waals surface area contributed by atoms with Gasteiger partial charge < -0.3 is 4.52 Å². The van der Waals surface area contributed by atoms with Crippen LogP contribution in [0.4, 0.5) is 5.69 Å². The summed E-state index contributed by atoms with van der Waals surface area (Å²) in [6.07, 6.45) is 0. The highest BCUT2D eigenvalue weighted by Gasteiger charge is 2.26. The lowest BCUT2D eigenvalue weighted by Crippen LogP contribution is -2.03. The number of nitrogens with zero attached hydrogens (tertiary/aromatic N) is 3. The minimum Gasteiger partial charge on any atom is -0.337 e. The molecule has 1 heterocycles. The minimum atomic E-state index is -4.71. The summed E-state index contributed by atoms with van der Waals surface area (Å²) in [5, 5.41) is 17.1. The van der Waals surface area contributed by atoms with Crippen molar-refractivity contribution in [2.75, 3.05) is 0 Å². The van der Waals surface area contributed by atoms with Crippen LogP contribution in [0.1, 0.15) is 0 Å². The van der Waals surface area contributed by atoms with Crippen LogP contribution in [0.2, 0.25) is 0 Å². The topological polar surface area (TPSA) is 136 Å². The fourth-order valence-corrected chi connectivity index (χ4v) is 1.80. The standard InChI is InChI=1S/C6H3N3O6S/c10-9(11)4-1-3-5(15-8-7-3)2-6(4)16(12,13)14/h1-2H,(H,12,13,14). The largest absolute Gasteiger partial charge is 0.337 e. The van der Waals surface area contributed by atoms with Crippen molar-refractivity contribution in [2.45, 2.75) is 4.90 Å². The van der Waals surface area contributed by atoms with Crippen LogP contribution >= 0.6 is 0 Å². The molecule has 1 N–H and O–H groups in total. The van der Waals surface area contributed by atoms with Gasteiger partial charge in [0.1, 0.15) is 5.52 Å². The Morgan fingerprint density at radius 3 is 2.69 bits per heavy atom. The smallest absolute Gasteiger partial charge is 0.301 e. The van der Waals surface area contributed by atoms with Crippen molar-refractivity contribution in [2.24, 2.45) is 0 Å². The van der Waals surface area contributed by atoms with Crippen molar-refractivity contribution in [1.82, 2.24) is 10.4 Å². The van der Waals surface area contributed by atoms with Gasteiger partial charge in [0, 0.05) is 17.4 Å². The summed E-state index contributed by atoms with van der Waals surface area (Å²) >= 11 is 0. The lowest BCUT2D eigenvalue weighted by atomic mass is 10.3. The van der Waals surface area contributed by atoms with Crippen LogP contribution in [-0.2, 0) is 10.1 Å². The lowest BCUT2D eigenvalue weighted by molar-refractivity contribution is -0.387. The molecule has 0 bridgehead atoms. The number of rotatable bonds is 2. The molecule has 0 aliphatic heterocycles. The minimum absolute atomic E-state index is 0.0269. The fourth-order valence-electron chi connectivity index (χ4n) is 1.15. The molecule has 0 atom stereocenters. The van der Waals surface area contributed by atoms with E-state index in [1.807, 2.05) is 0 Å². The first-order chi connectivity index (χ1) is 7.39. The SMILES string of the molecule is O=[N+]([O-])c1cc2nnoc2cc1S(=O)(=O)O. The second kappa shape index (κ2) is 3.21. The van der Waals surface area contributed by atoms with Gasteiger partial charge in [0.15, 0.2) is 10.5 Å². The van der Waals surface area contributed by atoms with E-state index in [0.29, 0.717) is 0 Å². The van der Waals surface area contributed by atoms with Crippen molar-refractivity contribution < 1.29 is 22.4 Å². The Bertz CT molecular complexity index is 675. The van der Waals surface area contributed by atoms with E-state index in [2.05, 4.69) is 14.9 Å². The molecular formula is C6H3N3O6S. The van der Waals surface area contributed by atoms with E-state index < -0.39 is 25.6 Å². The first-order valence-electron chi connectivity index (χ1n) is 3.77. The number of fused-ring (bicyclic) bond motifs is 1. The van der Waals surface area contributed by atoms with E-state index in [4.69, 9.17) is 4.55 Å². The average molecular weight is 245 g/mol. The molecular weight excluding hydrogens is 242 g/mol. The molecule has 0 fully saturated rings. The van der Waals surface area contributed by atoms with Crippen molar-refractivity contribution in [3.8, 4) is 0 Å². The number of benzene rings is 1. The zero-order chi connectivity index (χ0) is 11.9. The lowest BCUT2D eigenvalue weighted by Gasteiger charge is -1.97. The molecule has 0 aliphatic rings. The first kappa shape index (κ1) is 10.4. The van der Waals surface area contributed by atoms with Gasteiger partial charge in [-0.25, -0.2) is 0 Å². The summed E-state index contributed by atoms with van der Waals surface area (Å²) < 4.78 is 35.1. The maximum Gasteiger partial charge on any atom is 0.301 e. The quantitative estimate of drug-likeness (QED) is 0.455. The van der Waals surface area contributed by atoms with E-state index >= 15 is 0 Å². The normalized spacial score (nSPS) is 11.8. The second-order valence-electron chi connectivity index (χ2n) is 2.79. The summed E-state index contributed by atoms with van der Waals surface area (Å²) in [6, 6.07) is 1.65. The van der Waals surface area contributed by atoms with Crippen LogP contribution < -0.4 is 0 Å². The molecule has 84 valence electrons. The van der Waals surface area contributed by atoms with Crippen molar-refractivity contribution in [3.05, 3.63) is 22.2 Å². The summed E-state index contributed by atoms with van der Waals surface area (Å²) in [4.78, 5) is 8.78. The molecule has 0 radical (unpaired) electrons. The number of aromatic nitrogens is 2. The van der Waals surface area contributed by atoms with Gasteiger partial charge in [0.2, 0.25) is 0 Å². The molecule has 16 heavy (non-hydrogen) atoms. The third-order valence-corrected chi connectivity index (χ3v) is 2.69. The van der Waals surface area contributed by atoms with Crippen LogP contribution in [-0.4, -0.2) is 28.3 Å². The number of nitro groups is 1. The van der Waals surface area contributed by atoms with E-state index in [0.717, 1.165) is 12.1 Å². The summed E-state index contributed by atoms with van der Waals surface area (Å²) in [7, 11) is -4.71. The molecule has 0 spiro atoms. The molecule has 10 heteroatoms. The highest BCUT2D eigenvalue weighted by Crippen LogP contribution is 2.27. The van der Waals surface area contributed by atoms with E-state index in [9.17, 15) is 18.5 Å². The van der Waals surface area contributed by atoms with Gasteiger partial charge >= 0.3 is 10.1 Å². The molecule has 0 saturated carbocycles. The van der Waals surface area contributed by atoms with Crippen LogP contribution in [0.25, 0.3) is 11.1 Å². The van der Waals surface area contributed by atoms with Crippen molar-refractivity contribution >= 4 is 26.9 Å². The van der Waals surface area contributed by atoms with Gasteiger partial charge in [-0.2, -0.15) is 8.42 Å². The van der Waals surface area contributed by atoms with Gasteiger partial charge in [0.25, 0.3) is 5.69 Å². The van der Waals surface area contributed by atoms with Crippen molar-refractivity contribution in [1.29, 1.82) is 0 Å². The summed E-state index contributed by atoms with van der Waals surface area (Å²) in [6.45, 7) is 0. The van der Waals surface area contributed by atoms with E-state index in [-0.39, 0.29) is 11.1 Å². The Kier molecular flexibility index (Phi) is 2.10. The zero-order valence-electron chi connectivity index (χ0n) is 7.39. The number of hydrogen-bond acceptors (Lipinski definition) is 7. The molecule has 2 aromatic rings.